The lowest BCUT2D eigenvalue weighted by Crippen LogP contribution is -2.34. The fraction of sp³-hybridized carbons (Fsp3) is 0.667. The van der Waals surface area contributed by atoms with Crippen molar-refractivity contribution < 1.29 is 4.79 Å². The van der Waals surface area contributed by atoms with Crippen molar-refractivity contribution in [3.63, 3.8) is 0 Å². The van der Waals surface area contributed by atoms with E-state index in [4.69, 9.17) is 0 Å². The summed E-state index contributed by atoms with van der Waals surface area (Å²) in [7, 11) is 0. The molecule has 1 aromatic rings. The fourth-order valence-electron chi connectivity index (χ4n) is 3.83. The van der Waals surface area contributed by atoms with Gasteiger partial charge in [-0.05, 0) is 69.8 Å². The number of unbranched alkanes of at least 4 members (excludes halogenated alkanes) is 1. The summed E-state index contributed by atoms with van der Waals surface area (Å²) in [5.74, 6) is 1.26. The highest BCUT2D eigenvalue weighted by atomic mass is 16.1. The second-order valence-electron chi connectivity index (χ2n) is 7.22. The van der Waals surface area contributed by atoms with Gasteiger partial charge in [-0.25, -0.2) is 0 Å². The standard InChI is InChI=1S/C21H33NO/c1-4-5-10-19-12-15-22(16-13-19)14-7-11-20(23)21-17(2)8-6-9-18(21)3/h6,8-9,19H,4-5,7,10-16H2,1-3H3. The molecular formula is C21H33NO. The van der Waals surface area contributed by atoms with Gasteiger partial charge in [0, 0.05) is 12.0 Å². The zero-order valence-corrected chi connectivity index (χ0v) is 15.2. The van der Waals surface area contributed by atoms with E-state index in [0.717, 1.165) is 35.6 Å². The molecule has 1 heterocycles. The predicted molar refractivity (Wildman–Crippen MR) is 98.2 cm³/mol. The van der Waals surface area contributed by atoms with Gasteiger partial charge in [0.1, 0.15) is 0 Å². The van der Waals surface area contributed by atoms with E-state index in [1.165, 1.54) is 45.2 Å². The number of hydrogen-bond donors (Lipinski definition) is 0. The van der Waals surface area contributed by atoms with Gasteiger partial charge in [0.15, 0.2) is 5.78 Å². The number of carbonyl (C=O) groups is 1. The lowest BCUT2D eigenvalue weighted by Gasteiger charge is -2.31. The SMILES string of the molecule is CCCCC1CCN(CCCC(=O)c2c(C)cccc2C)CC1. The van der Waals surface area contributed by atoms with Crippen LogP contribution < -0.4 is 0 Å². The Hall–Kier alpha value is -1.15. The fourth-order valence-corrected chi connectivity index (χ4v) is 3.83. The van der Waals surface area contributed by atoms with Gasteiger partial charge in [-0.1, -0.05) is 44.4 Å². The maximum absolute atomic E-state index is 12.5. The van der Waals surface area contributed by atoms with E-state index >= 15 is 0 Å². The van der Waals surface area contributed by atoms with Crippen molar-refractivity contribution in [1.29, 1.82) is 0 Å². The molecule has 23 heavy (non-hydrogen) atoms. The summed E-state index contributed by atoms with van der Waals surface area (Å²) in [6, 6.07) is 6.12. The van der Waals surface area contributed by atoms with Crippen molar-refractivity contribution in [2.75, 3.05) is 19.6 Å². The van der Waals surface area contributed by atoms with Gasteiger partial charge in [-0.2, -0.15) is 0 Å². The highest BCUT2D eigenvalue weighted by Crippen LogP contribution is 2.23. The van der Waals surface area contributed by atoms with Crippen molar-refractivity contribution in [3.8, 4) is 0 Å². The Morgan fingerprint density at radius 3 is 2.39 bits per heavy atom. The second-order valence-corrected chi connectivity index (χ2v) is 7.22. The molecule has 0 saturated carbocycles. The molecule has 1 fully saturated rings. The molecule has 0 aromatic heterocycles. The third-order valence-corrected chi connectivity index (χ3v) is 5.31. The Balaban J connectivity index is 1.71. The molecule has 2 rings (SSSR count). The minimum absolute atomic E-state index is 0.318. The highest BCUT2D eigenvalue weighted by Gasteiger charge is 2.19. The van der Waals surface area contributed by atoms with E-state index < -0.39 is 0 Å². The minimum atomic E-state index is 0.318. The number of carbonyl (C=O) groups excluding carboxylic acids is 1. The van der Waals surface area contributed by atoms with Gasteiger partial charge in [0.05, 0.1) is 0 Å². The van der Waals surface area contributed by atoms with Crippen LogP contribution in [0.5, 0.6) is 0 Å². The first kappa shape index (κ1) is 18.2. The number of piperidine rings is 1. The van der Waals surface area contributed by atoms with Crippen LogP contribution in [0, 0.1) is 19.8 Å². The molecule has 0 unspecified atom stereocenters. The maximum Gasteiger partial charge on any atom is 0.163 e. The summed E-state index contributed by atoms with van der Waals surface area (Å²) in [5.41, 5.74) is 3.18. The molecule has 0 bridgehead atoms. The molecule has 0 atom stereocenters. The molecule has 1 aliphatic heterocycles. The van der Waals surface area contributed by atoms with E-state index in [0.29, 0.717) is 12.2 Å². The van der Waals surface area contributed by atoms with Crippen molar-refractivity contribution in [2.45, 2.75) is 65.7 Å². The summed E-state index contributed by atoms with van der Waals surface area (Å²) < 4.78 is 0. The van der Waals surface area contributed by atoms with E-state index in [-0.39, 0.29) is 0 Å². The Bertz CT molecular complexity index is 480. The second kappa shape index (κ2) is 9.22. The number of aryl methyl sites for hydroxylation is 2. The number of likely N-dealkylation sites (tertiary alicyclic amines) is 1. The van der Waals surface area contributed by atoms with Crippen LogP contribution in [-0.2, 0) is 0 Å². The molecule has 2 heteroatoms. The number of rotatable bonds is 8. The molecular weight excluding hydrogens is 282 g/mol. The molecule has 128 valence electrons. The maximum atomic E-state index is 12.5. The molecule has 1 aliphatic rings. The lowest BCUT2D eigenvalue weighted by molar-refractivity contribution is 0.0968. The third kappa shape index (κ3) is 5.46. The van der Waals surface area contributed by atoms with E-state index in [1.54, 1.807) is 0 Å². The molecule has 0 aliphatic carbocycles. The van der Waals surface area contributed by atoms with Gasteiger partial charge >= 0.3 is 0 Å². The van der Waals surface area contributed by atoms with Crippen LogP contribution in [0.3, 0.4) is 0 Å². The minimum Gasteiger partial charge on any atom is -0.303 e. The number of benzene rings is 1. The summed E-state index contributed by atoms with van der Waals surface area (Å²) in [6.07, 6.45) is 8.49. The lowest BCUT2D eigenvalue weighted by atomic mass is 9.91. The topological polar surface area (TPSA) is 20.3 Å². The zero-order valence-electron chi connectivity index (χ0n) is 15.2. The molecule has 0 radical (unpaired) electrons. The molecule has 0 amide bonds. The van der Waals surface area contributed by atoms with Crippen LogP contribution in [0.15, 0.2) is 18.2 Å². The van der Waals surface area contributed by atoms with Gasteiger partial charge in [0.25, 0.3) is 0 Å². The van der Waals surface area contributed by atoms with Crippen molar-refractivity contribution in [1.82, 2.24) is 4.90 Å². The van der Waals surface area contributed by atoms with E-state index in [9.17, 15) is 4.79 Å². The van der Waals surface area contributed by atoms with Gasteiger partial charge in [-0.3, -0.25) is 4.79 Å². The monoisotopic (exact) mass is 315 g/mol. The van der Waals surface area contributed by atoms with Crippen LogP contribution in [0.25, 0.3) is 0 Å². The smallest absolute Gasteiger partial charge is 0.163 e. The Morgan fingerprint density at radius 1 is 1.13 bits per heavy atom. The Morgan fingerprint density at radius 2 is 1.78 bits per heavy atom. The molecule has 2 nitrogen and oxygen atoms in total. The molecule has 0 N–H and O–H groups in total. The number of hydrogen-bond acceptors (Lipinski definition) is 2. The Labute approximate surface area is 142 Å². The van der Waals surface area contributed by atoms with Crippen LogP contribution >= 0.6 is 0 Å². The number of nitrogens with zero attached hydrogens (tertiary/aromatic N) is 1. The van der Waals surface area contributed by atoms with E-state index in [1.807, 2.05) is 32.0 Å². The van der Waals surface area contributed by atoms with Crippen LogP contribution in [0.2, 0.25) is 0 Å². The molecule has 1 aromatic carbocycles. The van der Waals surface area contributed by atoms with E-state index in [2.05, 4.69) is 11.8 Å². The first-order valence-electron chi connectivity index (χ1n) is 9.43. The van der Waals surface area contributed by atoms with Crippen molar-refractivity contribution >= 4 is 5.78 Å². The van der Waals surface area contributed by atoms with Crippen LogP contribution in [0.1, 0.15) is 73.4 Å². The van der Waals surface area contributed by atoms with Crippen LogP contribution in [-0.4, -0.2) is 30.3 Å². The zero-order chi connectivity index (χ0) is 16.7. The molecule has 1 saturated heterocycles. The number of Topliss-reactive ketones (excluding diaryl/α,β-unsaturated/α-hetero) is 1. The quantitative estimate of drug-likeness (QED) is 0.617. The predicted octanol–water partition coefficient (Wildman–Crippen LogP) is 5.17. The molecule has 0 spiro atoms. The summed E-state index contributed by atoms with van der Waals surface area (Å²) in [4.78, 5) is 15.0. The first-order valence-corrected chi connectivity index (χ1v) is 9.43. The summed E-state index contributed by atoms with van der Waals surface area (Å²) >= 11 is 0. The van der Waals surface area contributed by atoms with Gasteiger partial charge in [-0.15, -0.1) is 0 Å². The summed E-state index contributed by atoms with van der Waals surface area (Å²) in [6.45, 7) is 9.90. The first-order chi connectivity index (χ1) is 11.1. The van der Waals surface area contributed by atoms with Gasteiger partial charge < -0.3 is 4.90 Å². The normalized spacial score (nSPS) is 16.7. The third-order valence-electron chi connectivity index (χ3n) is 5.31. The largest absolute Gasteiger partial charge is 0.303 e. The van der Waals surface area contributed by atoms with Gasteiger partial charge in [0.2, 0.25) is 0 Å². The average molecular weight is 316 g/mol. The summed E-state index contributed by atoms with van der Waals surface area (Å²) in [5, 5.41) is 0. The van der Waals surface area contributed by atoms with Crippen molar-refractivity contribution in [2.24, 2.45) is 5.92 Å². The number of ketones is 1. The highest BCUT2D eigenvalue weighted by molar-refractivity contribution is 5.98. The average Bonchev–Trinajstić information content (AvgIpc) is 2.54. The Kier molecular flexibility index (Phi) is 7.29. The van der Waals surface area contributed by atoms with Crippen LogP contribution in [0.4, 0.5) is 0 Å². The van der Waals surface area contributed by atoms with Crippen molar-refractivity contribution in [3.05, 3.63) is 34.9 Å².